The number of carbonyl (C=O) groups excluding carboxylic acids is 1. The molecule has 0 saturated heterocycles. The Hall–Kier alpha value is -2.02. The van der Waals surface area contributed by atoms with Crippen LogP contribution in [0, 0.1) is 16.7 Å². The fourth-order valence-corrected chi connectivity index (χ4v) is 2.70. The van der Waals surface area contributed by atoms with Crippen molar-refractivity contribution < 1.29 is 4.79 Å². The Morgan fingerprint density at radius 2 is 2.21 bits per heavy atom. The summed E-state index contributed by atoms with van der Waals surface area (Å²) in [5.74, 6) is 0.0890. The normalized spacial score (nSPS) is 19.6. The zero-order valence-corrected chi connectivity index (χ0v) is 10.8. The number of rotatable bonds is 3. The zero-order valence-electron chi connectivity index (χ0n) is 10.8. The number of benzene rings is 1. The largest absolute Gasteiger partial charge is 0.383 e. The number of hydrogen-bond donors (Lipinski definition) is 2. The van der Waals surface area contributed by atoms with E-state index in [1.807, 2.05) is 12.1 Å². The van der Waals surface area contributed by atoms with Gasteiger partial charge < -0.3 is 10.6 Å². The number of nitriles is 1. The number of fused-ring (bicyclic) bond motifs is 1. The van der Waals surface area contributed by atoms with Gasteiger partial charge in [-0.05, 0) is 43.0 Å². The number of anilines is 2. The van der Waals surface area contributed by atoms with Gasteiger partial charge in [0.05, 0.1) is 11.5 Å². The zero-order chi connectivity index (χ0) is 13.3. The average molecular weight is 255 g/mol. The Balaban J connectivity index is 1.69. The SMILES string of the molecule is N#CC1(CNc2ccc3c(c2)CCC(=O)N3)CCC1. The van der Waals surface area contributed by atoms with Gasteiger partial charge in [-0.2, -0.15) is 5.26 Å². The summed E-state index contributed by atoms with van der Waals surface area (Å²) in [7, 11) is 0. The number of hydrogen-bond acceptors (Lipinski definition) is 3. The van der Waals surface area contributed by atoms with E-state index in [9.17, 15) is 10.1 Å². The summed E-state index contributed by atoms with van der Waals surface area (Å²) in [4.78, 5) is 11.3. The molecule has 1 amide bonds. The van der Waals surface area contributed by atoms with E-state index in [-0.39, 0.29) is 11.3 Å². The molecular weight excluding hydrogens is 238 g/mol. The van der Waals surface area contributed by atoms with Gasteiger partial charge in [-0.1, -0.05) is 6.42 Å². The lowest BCUT2D eigenvalue weighted by Crippen LogP contribution is -2.35. The van der Waals surface area contributed by atoms with Gasteiger partial charge in [-0.3, -0.25) is 4.79 Å². The molecule has 1 aromatic carbocycles. The molecule has 1 fully saturated rings. The number of carbonyl (C=O) groups is 1. The number of nitrogens with one attached hydrogen (secondary N) is 2. The van der Waals surface area contributed by atoms with Crippen LogP contribution in [0.3, 0.4) is 0 Å². The van der Waals surface area contributed by atoms with Gasteiger partial charge in [-0.25, -0.2) is 0 Å². The molecule has 4 nitrogen and oxygen atoms in total. The maximum absolute atomic E-state index is 11.3. The van der Waals surface area contributed by atoms with E-state index in [0.717, 1.165) is 37.1 Å². The van der Waals surface area contributed by atoms with Crippen molar-refractivity contribution in [3.63, 3.8) is 0 Å². The van der Waals surface area contributed by atoms with E-state index in [0.29, 0.717) is 13.0 Å². The Labute approximate surface area is 112 Å². The predicted octanol–water partition coefficient (Wildman–Crippen LogP) is 2.68. The molecule has 1 saturated carbocycles. The van der Waals surface area contributed by atoms with E-state index in [1.54, 1.807) is 0 Å². The van der Waals surface area contributed by atoms with E-state index >= 15 is 0 Å². The third-order valence-electron chi connectivity index (χ3n) is 4.18. The standard InChI is InChI=1S/C15H17N3O/c16-9-15(6-1-7-15)10-17-12-3-4-13-11(8-12)2-5-14(19)18-13/h3-4,8,17H,1-2,5-7,10H2,(H,18,19). The first-order valence-corrected chi connectivity index (χ1v) is 6.79. The van der Waals surface area contributed by atoms with Crippen LogP contribution in [0.4, 0.5) is 11.4 Å². The third kappa shape index (κ3) is 2.28. The fourth-order valence-electron chi connectivity index (χ4n) is 2.70. The lowest BCUT2D eigenvalue weighted by molar-refractivity contribution is -0.116. The third-order valence-corrected chi connectivity index (χ3v) is 4.18. The molecule has 1 heterocycles. The molecule has 0 bridgehead atoms. The summed E-state index contributed by atoms with van der Waals surface area (Å²) >= 11 is 0. The van der Waals surface area contributed by atoms with Crippen LogP contribution in [-0.2, 0) is 11.2 Å². The van der Waals surface area contributed by atoms with E-state index < -0.39 is 0 Å². The molecule has 2 aliphatic rings. The highest BCUT2D eigenvalue weighted by Gasteiger charge is 2.36. The predicted molar refractivity (Wildman–Crippen MR) is 73.8 cm³/mol. The second-order valence-corrected chi connectivity index (χ2v) is 5.52. The summed E-state index contributed by atoms with van der Waals surface area (Å²) in [5, 5.41) is 15.4. The van der Waals surface area contributed by atoms with Crippen molar-refractivity contribution in [2.75, 3.05) is 17.2 Å². The van der Waals surface area contributed by atoms with Crippen molar-refractivity contribution in [3.05, 3.63) is 23.8 Å². The van der Waals surface area contributed by atoms with Gasteiger partial charge >= 0.3 is 0 Å². The van der Waals surface area contributed by atoms with Crippen LogP contribution < -0.4 is 10.6 Å². The molecule has 1 aliphatic heterocycles. The van der Waals surface area contributed by atoms with Crippen LogP contribution in [0.1, 0.15) is 31.2 Å². The van der Waals surface area contributed by atoms with E-state index in [1.165, 1.54) is 5.56 Å². The highest BCUT2D eigenvalue weighted by molar-refractivity contribution is 5.94. The summed E-state index contributed by atoms with van der Waals surface area (Å²) < 4.78 is 0. The molecule has 98 valence electrons. The molecule has 3 rings (SSSR count). The first-order valence-electron chi connectivity index (χ1n) is 6.79. The topological polar surface area (TPSA) is 64.9 Å². The first kappa shape index (κ1) is 12.0. The lowest BCUT2D eigenvalue weighted by Gasteiger charge is -2.35. The molecule has 0 atom stereocenters. The minimum Gasteiger partial charge on any atom is -0.383 e. The average Bonchev–Trinajstić information content (AvgIpc) is 2.38. The van der Waals surface area contributed by atoms with Crippen molar-refractivity contribution >= 4 is 17.3 Å². The summed E-state index contributed by atoms with van der Waals surface area (Å²) in [5.41, 5.74) is 2.96. The molecular formula is C15H17N3O. The van der Waals surface area contributed by atoms with Gasteiger partial charge in [0.2, 0.25) is 5.91 Å². The molecule has 1 aromatic rings. The Morgan fingerprint density at radius 3 is 2.89 bits per heavy atom. The molecule has 1 aliphatic carbocycles. The van der Waals surface area contributed by atoms with Crippen molar-refractivity contribution in [3.8, 4) is 6.07 Å². The molecule has 0 unspecified atom stereocenters. The van der Waals surface area contributed by atoms with Crippen molar-refractivity contribution in [1.82, 2.24) is 0 Å². The molecule has 0 aromatic heterocycles. The molecule has 19 heavy (non-hydrogen) atoms. The Bertz CT molecular complexity index is 555. The summed E-state index contributed by atoms with van der Waals surface area (Å²) in [6.45, 7) is 0.717. The summed E-state index contributed by atoms with van der Waals surface area (Å²) in [6.07, 6.45) is 4.50. The fraction of sp³-hybridized carbons (Fsp3) is 0.467. The van der Waals surface area contributed by atoms with Crippen LogP contribution in [-0.4, -0.2) is 12.5 Å². The van der Waals surface area contributed by atoms with Crippen LogP contribution in [0.15, 0.2) is 18.2 Å². The molecule has 2 N–H and O–H groups in total. The molecule has 4 heteroatoms. The number of aryl methyl sites for hydroxylation is 1. The minimum atomic E-state index is -0.163. The molecule has 0 radical (unpaired) electrons. The highest BCUT2D eigenvalue weighted by Crippen LogP contribution is 2.40. The van der Waals surface area contributed by atoms with Crippen LogP contribution in [0.5, 0.6) is 0 Å². The van der Waals surface area contributed by atoms with Crippen molar-refractivity contribution in [2.45, 2.75) is 32.1 Å². The highest BCUT2D eigenvalue weighted by atomic mass is 16.1. The lowest BCUT2D eigenvalue weighted by atomic mass is 9.70. The van der Waals surface area contributed by atoms with Gasteiger partial charge in [0.15, 0.2) is 0 Å². The van der Waals surface area contributed by atoms with Gasteiger partial charge in [0.25, 0.3) is 0 Å². The van der Waals surface area contributed by atoms with Crippen LogP contribution >= 0.6 is 0 Å². The maximum atomic E-state index is 11.3. The second kappa shape index (κ2) is 4.58. The minimum absolute atomic E-state index is 0.0890. The van der Waals surface area contributed by atoms with Gasteiger partial charge in [0.1, 0.15) is 0 Å². The monoisotopic (exact) mass is 255 g/mol. The van der Waals surface area contributed by atoms with E-state index in [4.69, 9.17) is 0 Å². The first-order chi connectivity index (χ1) is 9.21. The van der Waals surface area contributed by atoms with Crippen molar-refractivity contribution in [1.29, 1.82) is 5.26 Å². The Kier molecular flexibility index (Phi) is 2.90. The van der Waals surface area contributed by atoms with Gasteiger partial charge in [0, 0.05) is 24.3 Å². The maximum Gasteiger partial charge on any atom is 0.224 e. The van der Waals surface area contributed by atoms with Crippen LogP contribution in [0.2, 0.25) is 0 Å². The van der Waals surface area contributed by atoms with E-state index in [2.05, 4.69) is 22.8 Å². The summed E-state index contributed by atoms with van der Waals surface area (Å²) in [6, 6.07) is 8.42. The molecule has 0 spiro atoms. The quantitative estimate of drug-likeness (QED) is 0.872. The Morgan fingerprint density at radius 1 is 1.37 bits per heavy atom. The second-order valence-electron chi connectivity index (χ2n) is 5.52. The van der Waals surface area contributed by atoms with Crippen LogP contribution in [0.25, 0.3) is 0 Å². The number of amides is 1. The van der Waals surface area contributed by atoms with Crippen molar-refractivity contribution in [2.24, 2.45) is 5.41 Å². The smallest absolute Gasteiger partial charge is 0.224 e. The van der Waals surface area contributed by atoms with Gasteiger partial charge in [-0.15, -0.1) is 0 Å². The number of nitrogens with zero attached hydrogens (tertiary/aromatic N) is 1.